The normalized spacial score (nSPS) is 10.6. The van der Waals surface area contributed by atoms with Crippen LogP contribution in [0.1, 0.15) is 34.3 Å². The van der Waals surface area contributed by atoms with Gasteiger partial charge in [0, 0.05) is 22.7 Å². The Morgan fingerprint density at radius 2 is 1.70 bits per heavy atom. The Hall–Kier alpha value is -4.26. The summed E-state index contributed by atoms with van der Waals surface area (Å²) in [6.07, 6.45) is 0.915. The number of rotatable bonds is 8. The highest BCUT2D eigenvalue weighted by Gasteiger charge is 2.15. The molecule has 0 saturated heterocycles. The van der Waals surface area contributed by atoms with Gasteiger partial charge in [0.2, 0.25) is 0 Å². The highest BCUT2D eigenvalue weighted by atomic mass is 16.5. The van der Waals surface area contributed by atoms with Gasteiger partial charge in [0.05, 0.1) is 19.4 Å². The molecule has 0 fully saturated rings. The number of anilines is 2. The molecule has 0 aliphatic carbocycles. The molecule has 1 aromatic heterocycles. The second-order valence-corrected chi connectivity index (χ2v) is 7.34. The van der Waals surface area contributed by atoms with Crippen LogP contribution in [0.25, 0.3) is 11.0 Å². The van der Waals surface area contributed by atoms with Gasteiger partial charge in [0.15, 0.2) is 5.76 Å². The summed E-state index contributed by atoms with van der Waals surface area (Å²) in [5.74, 6) is 0.659. The van der Waals surface area contributed by atoms with E-state index in [4.69, 9.17) is 13.9 Å². The van der Waals surface area contributed by atoms with E-state index in [0.717, 1.165) is 17.6 Å². The fourth-order valence-corrected chi connectivity index (χ4v) is 3.28. The predicted molar refractivity (Wildman–Crippen MR) is 127 cm³/mol. The fraction of sp³-hybridized carbons (Fsp3) is 0.154. The Bertz CT molecular complexity index is 1240. The van der Waals surface area contributed by atoms with E-state index in [9.17, 15) is 9.59 Å². The molecule has 2 N–H and O–H groups in total. The van der Waals surface area contributed by atoms with Crippen molar-refractivity contribution in [2.45, 2.75) is 13.3 Å². The van der Waals surface area contributed by atoms with Crippen LogP contribution in [0.5, 0.6) is 11.5 Å². The van der Waals surface area contributed by atoms with E-state index in [2.05, 4.69) is 10.6 Å². The number of amides is 2. The van der Waals surface area contributed by atoms with Crippen LogP contribution in [-0.4, -0.2) is 25.5 Å². The molecule has 0 spiro atoms. The van der Waals surface area contributed by atoms with Gasteiger partial charge in [0.25, 0.3) is 11.8 Å². The molecule has 4 aromatic rings. The molecule has 7 nitrogen and oxygen atoms in total. The third kappa shape index (κ3) is 5.15. The molecule has 0 aliphatic rings. The predicted octanol–water partition coefficient (Wildman–Crippen LogP) is 5.73. The molecule has 0 aliphatic heterocycles. The summed E-state index contributed by atoms with van der Waals surface area (Å²) in [6, 6.07) is 21.0. The van der Waals surface area contributed by atoms with Gasteiger partial charge in [-0.2, -0.15) is 0 Å². The van der Waals surface area contributed by atoms with E-state index in [0.29, 0.717) is 34.9 Å². The summed E-state index contributed by atoms with van der Waals surface area (Å²) in [6.45, 7) is 2.66. The van der Waals surface area contributed by atoms with Gasteiger partial charge in [0.1, 0.15) is 17.1 Å². The monoisotopic (exact) mass is 444 g/mol. The molecule has 7 heteroatoms. The molecule has 0 radical (unpaired) electrons. The number of fused-ring (bicyclic) bond motifs is 1. The maximum Gasteiger partial charge on any atom is 0.291 e. The van der Waals surface area contributed by atoms with Gasteiger partial charge < -0.3 is 24.5 Å². The van der Waals surface area contributed by atoms with Crippen molar-refractivity contribution in [1.29, 1.82) is 0 Å². The Balaban J connectivity index is 1.44. The van der Waals surface area contributed by atoms with E-state index in [-0.39, 0.29) is 11.7 Å². The number of nitrogens with one attached hydrogen (secondary N) is 2. The van der Waals surface area contributed by atoms with Crippen molar-refractivity contribution in [3.05, 3.63) is 84.1 Å². The van der Waals surface area contributed by atoms with Crippen LogP contribution in [0, 0.1) is 0 Å². The maximum absolute atomic E-state index is 12.7. The topological polar surface area (TPSA) is 89.8 Å². The van der Waals surface area contributed by atoms with E-state index in [1.807, 2.05) is 25.1 Å². The minimum Gasteiger partial charge on any atom is -0.494 e. The van der Waals surface area contributed by atoms with Crippen molar-refractivity contribution in [1.82, 2.24) is 0 Å². The summed E-state index contributed by atoms with van der Waals surface area (Å²) in [5.41, 5.74) is 2.13. The molecule has 168 valence electrons. The third-order valence-electron chi connectivity index (χ3n) is 4.95. The van der Waals surface area contributed by atoms with Crippen molar-refractivity contribution < 1.29 is 23.5 Å². The van der Waals surface area contributed by atoms with Gasteiger partial charge in [-0.1, -0.05) is 25.1 Å². The number of carbonyl (C=O) groups excluding carboxylic acids is 2. The summed E-state index contributed by atoms with van der Waals surface area (Å²) >= 11 is 0. The number of para-hydroxylation sites is 1. The van der Waals surface area contributed by atoms with E-state index >= 15 is 0 Å². The van der Waals surface area contributed by atoms with Gasteiger partial charge in [-0.05, 0) is 55.0 Å². The number of benzene rings is 3. The minimum absolute atomic E-state index is 0.196. The zero-order valence-corrected chi connectivity index (χ0v) is 18.4. The Morgan fingerprint density at radius 1 is 0.909 bits per heavy atom. The number of carbonyl (C=O) groups is 2. The number of furan rings is 1. The molecule has 0 saturated carbocycles. The summed E-state index contributed by atoms with van der Waals surface area (Å²) in [5, 5.41) is 6.47. The molecule has 3 aromatic carbocycles. The second kappa shape index (κ2) is 9.91. The lowest BCUT2D eigenvalue weighted by Crippen LogP contribution is -2.13. The molecular weight excluding hydrogens is 420 g/mol. The fourth-order valence-electron chi connectivity index (χ4n) is 3.28. The molecule has 0 atom stereocenters. The maximum atomic E-state index is 12.7. The van der Waals surface area contributed by atoms with Crippen LogP contribution >= 0.6 is 0 Å². The van der Waals surface area contributed by atoms with Crippen molar-refractivity contribution >= 4 is 34.2 Å². The third-order valence-corrected chi connectivity index (χ3v) is 4.95. The number of ether oxygens (including phenoxy) is 2. The molecule has 2 amide bonds. The Morgan fingerprint density at radius 3 is 2.42 bits per heavy atom. The summed E-state index contributed by atoms with van der Waals surface area (Å²) in [4.78, 5) is 25.2. The average Bonchev–Trinajstić information content (AvgIpc) is 3.28. The van der Waals surface area contributed by atoms with Gasteiger partial charge in [-0.25, -0.2) is 0 Å². The Labute approximate surface area is 191 Å². The minimum atomic E-state index is -0.397. The van der Waals surface area contributed by atoms with Crippen LogP contribution in [0.3, 0.4) is 0 Å². The number of hydrogen-bond acceptors (Lipinski definition) is 5. The SMILES string of the molecule is CCCOc1ccc(C(=O)Nc2ccc(NC(=O)c3cc4ccccc4o3)c(OC)c2)cc1. The highest BCUT2D eigenvalue weighted by molar-refractivity contribution is 6.06. The quantitative estimate of drug-likeness (QED) is 0.362. The first kappa shape index (κ1) is 22.0. The van der Waals surface area contributed by atoms with Gasteiger partial charge in [-0.3, -0.25) is 9.59 Å². The van der Waals surface area contributed by atoms with Crippen LogP contribution < -0.4 is 20.1 Å². The lowest BCUT2D eigenvalue weighted by molar-refractivity contribution is 0.0996. The smallest absolute Gasteiger partial charge is 0.291 e. The number of hydrogen-bond donors (Lipinski definition) is 2. The lowest BCUT2D eigenvalue weighted by atomic mass is 10.2. The first-order chi connectivity index (χ1) is 16.1. The van der Waals surface area contributed by atoms with E-state index < -0.39 is 5.91 Å². The highest BCUT2D eigenvalue weighted by Crippen LogP contribution is 2.29. The molecule has 0 unspecified atom stereocenters. The zero-order chi connectivity index (χ0) is 23.2. The summed E-state index contributed by atoms with van der Waals surface area (Å²) in [7, 11) is 1.49. The number of methoxy groups -OCH3 is 1. The first-order valence-electron chi connectivity index (χ1n) is 10.6. The summed E-state index contributed by atoms with van der Waals surface area (Å²) < 4.78 is 16.6. The van der Waals surface area contributed by atoms with Gasteiger partial charge in [-0.15, -0.1) is 0 Å². The molecule has 33 heavy (non-hydrogen) atoms. The van der Waals surface area contributed by atoms with E-state index in [1.54, 1.807) is 54.6 Å². The molecule has 4 rings (SSSR count). The lowest BCUT2D eigenvalue weighted by Gasteiger charge is -2.12. The van der Waals surface area contributed by atoms with Crippen LogP contribution in [0.15, 0.2) is 77.2 Å². The van der Waals surface area contributed by atoms with Crippen molar-refractivity contribution in [2.24, 2.45) is 0 Å². The van der Waals surface area contributed by atoms with Crippen LogP contribution in [-0.2, 0) is 0 Å². The van der Waals surface area contributed by atoms with Gasteiger partial charge >= 0.3 is 0 Å². The van der Waals surface area contributed by atoms with E-state index in [1.165, 1.54) is 7.11 Å². The molecule has 0 bridgehead atoms. The molecular formula is C26H24N2O5. The second-order valence-electron chi connectivity index (χ2n) is 7.34. The van der Waals surface area contributed by atoms with Crippen LogP contribution in [0.2, 0.25) is 0 Å². The van der Waals surface area contributed by atoms with Crippen molar-refractivity contribution in [3.8, 4) is 11.5 Å². The molecule has 1 heterocycles. The van der Waals surface area contributed by atoms with Crippen molar-refractivity contribution in [2.75, 3.05) is 24.4 Å². The zero-order valence-electron chi connectivity index (χ0n) is 18.4. The average molecular weight is 444 g/mol. The first-order valence-corrected chi connectivity index (χ1v) is 10.6. The Kier molecular flexibility index (Phi) is 6.59. The van der Waals surface area contributed by atoms with Crippen LogP contribution in [0.4, 0.5) is 11.4 Å². The van der Waals surface area contributed by atoms with Crippen molar-refractivity contribution in [3.63, 3.8) is 0 Å². The standard InChI is InChI=1S/C26H24N2O5/c1-3-14-32-20-11-8-17(9-12-20)25(29)27-19-10-13-21(23(16-19)31-2)28-26(30)24-15-18-6-4-5-7-22(18)33-24/h4-13,15-16H,3,14H2,1-2H3,(H,27,29)(H,28,30). The largest absolute Gasteiger partial charge is 0.494 e.